The molecule has 0 fully saturated rings. The van der Waals surface area contributed by atoms with E-state index < -0.39 is 30.3 Å². The highest BCUT2D eigenvalue weighted by molar-refractivity contribution is 5.71. The summed E-state index contributed by atoms with van der Waals surface area (Å²) in [6.45, 7) is 4.59. The van der Waals surface area contributed by atoms with E-state index in [1.54, 1.807) is 0 Å². The van der Waals surface area contributed by atoms with E-state index in [1.165, 1.54) is 83.5 Å². The van der Waals surface area contributed by atoms with Crippen LogP contribution in [0, 0.1) is 0 Å². The molecule has 0 aromatic heterocycles. The molecular formula is C72H118NO8+. The minimum absolute atomic E-state index is 0.174. The van der Waals surface area contributed by atoms with E-state index in [9.17, 15) is 19.5 Å². The lowest BCUT2D eigenvalue weighted by molar-refractivity contribution is -0.870. The van der Waals surface area contributed by atoms with E-state index in [1.807, 2.05) is 21.1 Å². The maximum absolute atomic E-state index is 12.9. The average Bonchev–Trinajstić information content (AvgIpc) is 3.44. The summed E-state index contributed by atoms with van der Waals surface area (Å²) in [5, 5.41) is 9.72. The Balaban J connectivity index is 4.20. The average molecular weight is 1130 g/mol. The Kier molecular flexibility index (Phi) is 57.6. The molecule has 0 aromatic rings. The van der Waals surface area contributed by atoms with Crippen LogP contribution in [0.25, 0.3) is 0 Å². The van der Waals surface area contributed by atoms with Gasteiger partial charge in [0.2, 0.25) is 0 Å². The van der Waals surface area contributed by atoms with Gasteiger partial charge in [-0.3, -0.25) is 9.59 Å². The van der Waals surface area contributed by atoms with Crippen molar-refractivity contribution in [3.05, 3.63) is 146 Å². The Morgan fingerprint density at radius 2 is 0.667 bits per heavy atom. The molecule has 0 radical (unpaired) electrons. The molecule has 0 heterocycles. The van der Waals surface area contributed by atoms with Crippen LogP contribution in [0.2, 0.25) is 0 Å². The summed E-state index contributed by atoms with van der Waals surface area (Å²) in [5.74, 6) is -2.07. The summed E-state index contributed by atoms with van der Waals surface area (Å²) in [5.41, 5.74) is 0. The van der Waals surface area contributed by atoms with Crippen LogP contribution in [0.1, 0.15) is 232 Å². The topological polar surface area (TPSA) is 108 Å². The Bertz CT molecular complexity index is 1840. The fraction of sp³-hybridized carbons (Fsp3) is 0.625. The molecule has 9 heteroatoms. The second-order valence-corrected chi connectivity index (χ2v) is 22.0. The number of allylic oxidation sites excluding steroid dienone is 24. The van der Waals surface area contributed by atoms with Crippen LogP contribution >= 0.6 is 0 Å². The molecule has 458 valence electrons. The Hall–Kier alpha value is -4.83. The number of nitrogens with zero attached hydrogens (tertiary/aromatic N) is 1. The number of esters is 2. The van der Waals surface area contributed by atoms with Gasteiger partial charge >= 0.3 is 17.9 Å². The zero-order chi connectivity index (χ0) is 59.1. The summed E-state index contributed by atoms with van der Waals surface area (Å²) in [6, 6.07) is 0. The second-order valence-electron chi connectivity index (χ2n) is 22.0. The first kappa shape index (κ1) is 76.2. The number of ether oxygens (including phenoxy) is 4. The predicted octanol–water partition coefficient (Wildman–Crippen LogP) is 19.6. The smallest absolute Gasteiger partial charge is 0.361 e. The molecule has 0 saturated carbocycles. The molecular weight excluding hydrogens is 1010 g/mol. The van der Waals surface area contributed by atoms with Crippen LogP contribution in [0.15, 0.2) is 146 Å². The fourth-order valence-electron chi connectivity index (χ4n) is 8.26. The van der Waals surface area contributed by atoms with Crippen molar-refractivity contribution in [1.82, 2.24) is 0 Å². The van der Waals surface area contributed by atoms with Crippen LogP contribution in [0.5, 0.6) is 0 Å². The molecule has 1 N–H and O–H groups in total. The molecule has 0 spiro atoms. The van der Waals surface area contributed by atoms with E-state index in [2.05, 4.69) is 160 Å². The lowest BCUT2D eigenvalue weighted by Gasteiger charge is -2.25. The highest BCUT2D eigenvalue weighted by Gasteiger charge is 2.25. The number of carbonyl (C=O) groups excluding carboxylic acids is 2. The van der Waals surface area contributed by atoms with Gasteiger partial charge in [-0.1, -0.05) is 250 Å². The van der Waals surface area contributed by atoms with Gasteiger partial charge in [-0.25, -0.2) is 4.79 Å². The number of aliphatic carboxylic acids is 1. The lowest BCUT2D eigenvalue weighted by atomic mass is 10.0. The molecule has 0 aromatic carbocycles. The molecule has 2 unspecified atom stereocenters. The van der Waals surface area contributed by atoms with Crippen LogP contribution in [-0.4, -0.2) is 87.4 Å². The third kappa shape index (κ3) is 62.6. The maximum Gasteiger partial charge on any atom is 0.361 e. The van der Waals surface area contributed by atoms with Crippen LogP contribution in [-0.2, 0) is 33.3 Å². The third-order valence-corrected chi connectivity index (χ3v) is 13.1. The largest absolute Gasteiger partial charge is 0.477 e. The number of carbonyl (C=O) groups is 3. The van der Waals surface area contributed by atoms with E-state index >= 15 is 0 Å². The van der Waals surface area contributed by atoms with Crippen molar-refractivity contribution in [3.63, 3.8) is 0 Å². The van der Waals surface area contributed by atoms with E-state index in [4.69, 9.17) is 18.9 Å². The van der Waals surface area contributed by atoms with Gasteiger partial charge in [0.25, 0.3) is 6.29 Å². The van der Waals surface area contributed by atoms with Crippen LogP contribution in [0.4, 0.5) is 0 Å². The zero-order valence-corrected chi connectivity index (χ0v) is 52.1. The third-order valence-electron chi connectivity index (χ3n) is 13.1. The first-order valence-corrected chi connectivity index (χ1v) is 32.0. The zero-order valence-electron chi connectivity index (χ0n) is 52.1. The van der Waals surface area contributed by atoms with Crippen molar-refractivity contribution in [1.29, 1.82) is 0 Å². The van der Waals surface area contributed by atoms with Crippen molar-refractivity contribution in [2.24, 2.45) is 0 Å². The van der Waals surface area contributed by atoms with Gasteiger partial charge in [-0.2, -0.15) is 0 Å². The standard InChI is InChI=1S/C72H117NO8/c1-6-8-10-12-14-16-18-20-22-24-26-28-29-30-31-32-33-34-35-36-37-38-39-40-41-43-45-47-49-51-53-55-57-59-61-63-70(75)81-68(67-80-72(71(76)77)78-65-64-73(3,4)5)66-79-69(74)62-60-58-56-54-52-50-48-46-44-42-27-25-23-21-19-17-15-13-11-9-7-2/h8-11,14-17,20-23,26-28,30-31,33-34,42,46,48,52,54,68,72H,6-7,12-13,18-19,24-25,29,32,35-41,43-45,47,49-51,53,55-67H2,1-5H3/p+1/b10-8-,11-9-,16-14-,17-15-,22-20-,23-21-,28-26-,31-30-,34-33-,42-27-,48-46-,54-52-. The molecule has 0 aliphatic heterocycles. The van der Waals surface area contributed by atoms with Gasteiger partial charge in [0, 0.05) is 12.8 Å². The molecule has 0 aliphatic carbocycles. The van der Waals surface area contributed by atoms with Crippen LogP contribution in [0.3, 0.4) is 0 Å². The van der Waals surface area contributed by atoms with Crippen molar-refractivity contribution in [2.75, 3.05) is 47.5 Å². The van der Waals surface area contributed by atoms with Gasteiger partial charge < -0.3 is 28.5 Å². The summed E-state index contributed by atoms with van der Waals surface area (Å²) in [4.78, 5) is 37.5. The Morgan fingerprint density at radius 3 is 1.01 bits per heavy atom. The quantitative estimate of drug-likeness (QED) is 0.0211. The number of rotatable bonds is 57. The number of likely N-dealkylation sites (N-methyl/N-ethyl adjacent to an activating group) is 1. The normalized spacial score (nSPS) is 13.7. The molecule has 0 saturated heterocycles. The van der Waals surface area contributed by atoms with Gasteiger partial charge in [0.05, 0.1) is 34.4 Å². The number of carboxylic acids is 1. The molecule has 2 atom stereocenters. The molecule has 0 rings (SSSR count). The maximum atomic E-state index is 12.9. The first-order valence-electron chi connectivity index (χ1n) is 32.0. The highest BCUT2D eigenvalue weighted by Crippen LogP contribution is 2.16. The molecule has 0 bridgehead atoms. The number of carboxylic acid groups (broad SMARTS) is 1. The summed E-state index contributed by atoms with van der Waals surface area (Å²) in [7, 11) is 5.95. The van der Waals surface area contributed by atoms with Gasteiger partial charge in [0.1, 0.15) is 13.2 Å². The van der Waals surface area contributed by atoms with Crippen molar-refractivity contribution in [2.45, 2.75) is 245 Å². The molecule has 0 aliphatic rings. The number of quaternary nitrogens is 1. The minimum Gasteiger partial charge on any atom is -0.477 e. The Labute approximate surface area is 496 Å². The van der Waals surface area contributed by atoms with Crippen molar-refractivity contribution < 1.29 is 42.9 Å². The van der Waals surface area contributed by atoms with E-state index in [0.717, 1.165) is 109 Å². The van der Waals surface area contributed by atoms with Crippen molar-refractivity contribution in [3.8, 4) is 0 Å². The van der Waals surface area contributed by atoms with E-state index in [-0.39, 0.29) is 32.7 Å². The van der Waals surface area contributed by atoms with E-state index in [0.29, 0.717) is 23.9 Å². The molecule has 0 amide bonds. The fourth-order valence-corrected chi connectivity index (χ4v) is 8.26. The van der Waals surface area contributed by atoms with Gasteiger partial charge in [-0.05, 0) is 116 Å². The van der Waals surface area contributed by atoms with Crippen LogP contribution < -0.4 is 0 Å². The molecule has 9 nitrogen and oxygen atoms in total. The number of unbranched alkanes of at least 4 members (excludes halogenated alkanes) is 18. The Morgan fingerprint density at radius 1 is 0.370 bits per heavy atom. The highest BCUT2D eigenvalue weighted by atomic mass is 16.7. The summed E-state index contributed by atoms with van der Waals surface area (Å²) in [6.07, 6.45) is 86.6. The minimum atomic E-state index is -1.53. The SMILES string of the molecule is CC/C=C\C/C=C\C/C=C\C/C=C\C/C=C\C/C=C\CCCCCCCCCCCCCCCCCCC(=O)OC(COC(=O)CCCC/C=C\C/C=C\C/C=C\C/C=C\C/C=C\C/C=C\CC)COC(OCC[N+](C)(C)C)C(=O)O. The summed E-state index contributed by atoms with van der Waals surface area (Å²) < 4.78 is 22.9. The molecule has 81 heavy (non-hydrogen) atoms. The summed E-state index contributed by atoms with van der Waals surface area (Å²) >= 11 is 0. The monoisotopic (exact) mass is 1120 g/mol. The predicted molar refractivity (Wildman–Crippen MR) is 345 cm³/mol. The lowest BCUT2D eigenvalue weighted by Crippen LogP contribution is -2.40. The number of hydrogen-bond donors (Lipinski definition) is 1. The first-order chi connectivity index (χ1) is 39.6. The second kappa shape index (κ2) is 61.2. The van der Waals surface area contributed by atoms with Crippen molar-refractivity contribution >= 4 is 17.9 Å². The number of hydrogen-bond acceptors (Lipinski definition) is 7. The van der Waals surface area contributed by atoms with Gasteiger partial charge in [-0.15, -0.1) is 0 Å². The van der Waals surface area contributed by atoms with Gasteiger partial charge in [0.15, 0.2) is 6.10 Å².